The molecule has 0 spiro atoms. The standard InChI is InChI=1S/C11H13N3O3/c1-4-17-11(16)7-5(2)8-9(12-6(7)3)13-14-10(8)15/h4H2,1-3H3,(H2,12,13,14,15). The molecule has 2 N–H and O–H groups in total. The summed E-state index contributed by atoms with van der Waals surface area (Å²) in [4.78, 5) is 27.5. The summed E-state index contributed by atoms with van der Waals surface area (Å²) >= 11 is 0. The Morgan fingerprint density at radius 1 is 1.35 bits per heavy atom. The molecule has 2 aromatic heterocycles. The zero-order valence-electron chi connectivity index (χ0n) is 9.88. The van der Waals surface area contributed by atoms with Gasteiger partial charge in [0.15, 0.2) is 5.65 Å². The Balaban J connectivity index is 2.75. The van der Waals surface area contributed by atoms with E-state index in [2.05, 4.69) is 15.2 Å². The number of hydrogen-bond acceptors (Lipinski definition) is 4. The van der Waals surface area contributed by atoms with Crippen LogP contribution >= 0.6 is 0 Å². The van der Waals surface area contributed by atoms with E-state index in [0.29, 0.717) is 34.5 Å². The van der Waals surface area contributed by atoms with Crippen molar-refractivity contribution in [2.24, 2.45) is 0 Å². The number of nitrogens with one attached hydrogen (secondary N) is 2. The zero-order valence-corrected chi connectivity index (χ0v) is 9.88. The molecular weight excluding hydrogens is 222 g/mol. The van der Waals surface area contributed by atoms with Gasteiger partial charge in [0.2, 0.25) is 0 Å². The van der Waals surface area contributed by atoms with Crippen LogP contribution in [0.5, 0.6) is 0 Å². The number of carbonyl (C=O) groups is 1. The number of ether oxygens (including phenoxy) is 1. The van der Waals surface area contributed by atoms with Crippen molar-refractivity contribution in [2.45, 2.75) is 20.8 Å². The lowest BCUT2D eigenvalue weighted by Gasteiger charge is -2.08. The number of hydrogen-bond donors (Lipinski definition) is 2. The van der Waals surface area contributed by atoms with Crippen LogP contribution in [0.15, 0.2) is 4.79 Å². The van der Waals surface area contributed by atoms with Gasteiger partial charge in [-0.15, -0.1) is 0 Å². The molecule has 0 radical (unpaired) electrons. The third kappa shape index (κ3) is 1.71. The summed E-state index contributed by atoms with van der Waals surface area (Å²) in [6.07, 6.45) is 0. The van der Waals surface area contributed by atoms with Crippen molar-refractivity contribution in [3.63, 3.8) is 0 Å². The van der Waals surface area contributed by atoms with E-state index in [0.717, 1.165) is 0 Å². The largest absolute Gasteiger partial charge is 0.462 e. The first-order chi connectivity index (χ1) is 8.06. The fourth-order valence-electron chi connectivity index (χ4n) is 1.90. The molecule has 2 aromatic rings. The van der Waals surface area contributed by atoms with Gasteiger partial charge in [-0.05, 0) is 26.3 Å². The van der Waals surface area contributed by atoms with Gasteiger partial charge in [0, 0.05) is 0 Å². The molecule has 6 nitrogen and oxygen atoms in total. The topological polar surface area (TPSA) is 87.8 Å². The predicted octanol–water partition coefficient (Wildman–Crippen LogP) is 1.04. The summed E-state index contributed by atoms with van der Waals surface area (Å²) in [6.45, 7) is 5.45. The molecule has 0 saturated heterocycles. The van der Waals surface area contributed by atoms with Crippen LogP contribution in [0, 0.1) is 13.8 Å². The van der Waals surface area contributed by atoms with Gasteiger partial charge in [-0.3, -0.25) is 15.0 Å². The minimum Gasteiger partial charge on any atom is -0.462 e. The van der Waals surface area contributed by atoms with Gasteiger partial charge in [-0.2, -0.15) is 0 Å². The van der Waals surface area contributed by atoms with Crippen molar-refractivity contribution in [1.82, 2.24) is 15.2 Å². The Morgan fingerprint density at radius 3 is 2.71 bits per heavy atom. The second kappa shape index (κ2) is 4.04. The molecule has 0 amide bonds. The van der Waals surface area contributed by atoms with E-state index in [1.54, 1.807) is 20.8 Å². The fraction of sp³-hybridized carbons (Fsp3) is 0.364. The average molecular weight is 235 g/mol. The number of pyridine rings is 1. The van der Waals surface area contributed by atoms with Crippen LogP contribution in [-0.2, 0) is 4.74 Å². The van der Waals surface area contributed by atoms with Crippen LogP contribution in [0.4, 0.5) is 0 Å². The number of nitrogens with zero attached hydrogens (tertiary/aromatic N) is 1. The molecular formula is C11H13N3O3. The predicted molar refractivity (Wildman–Crippen MR) is 62.1 cm³/mol. The Hall–Kier alpha value is -2.11. The maximum Gasteiger partial charge on any atom is 0.340 e. The summed E-state index contributed by atoms with van der Waals surface area (Å²) in [6, 6.07) is 0. The Morgan fingerprint density at radius 2 is 2.06 bits per heavy atom. The summed E-state index contributed by atoms with van der Waals surface area (Å²) in [5.41, 5.74) is 1.68. The molecule has 0 unspecified atom stereocenters. The lowest BCUT2D eigenvalue weighted by atomic mass is 10.1. The second-order valence-electron chi connectivity index (χ2n) is 3.72. The number of aromatic nitrogens is 3. The first kappa shape index (κ1) is 11.4. The fourth-order valence-corrected chi connectivity index (χ4v) is 1.90. The SMILES string of the molecule is CCOC(=O)c1c(C)nc2[nH][nH]c(=O)c2c1C. The number of carbonyl (C=O) groups excluding carboxylic acids is 1. The lowest BCUT2D eigenvalue weighted by Crippen LogP contribution is -2.12. The molecule has 17 heavy (non-hydrogen) atoms. The Labute approximate surface area is 97.0 Å². The van der Waals surface area contributed by atoms with Gasteiger partial charge in [0.1, 0.15) is 0 Å². The lowest BCUT2D eigenvalue weighted by molar-refractivity contribution is 0.0524. The van der Waals surface area contributed by atoms with E-state index < -0.39 is 5.97 Å². The van der Waals surface area contributed by atoms with Gasteiger partial charge < -0.3 is 4.74 Å². The van der Waals surface area contributed by atoms with E-state index in [4.69, 9.17) is 4.74 Å². The van der Waals surface area contributed by atoms with Crippen molar-refractivity contribution in [3.8, 4) is 0 Å². The molecule has 0 saturated carbocycles. The summed E-state index contributed by atoms with van der Waals surface area (Å²) in [5.74, 6) is -0.447. The van der Waals surface area contributed by atoms with Crippen LogP contribution < -0.4 is 5.56 Å². The smallest absolute Gasteiger partial charge is 0.340 e. The van der Waals surface area contributed by atoms with E-state index in [1.165, 1.54) is 0 Å². The normalized spacial score (nSPS) is 10.8. The van der Waals surface area contributed by atoms with Crippen molar-refractivity contribution < 1.29 is 9.53 Å². The van der Waals surface area contributed by atoms with Gasteiger partial charge in [0.05, 0.1) is 23.3 Å². The average Bonchev–Trinajstić information content (AvgIpc) is 2.60. The highest BCUT2D eigenvalue weighted by molar-refractivity contribution is 5.97. The molecule has 0 aliphatic rings. The molecule has 90 valence electrons. The number of aryl methyl sites for hydroxylation is 2. The highest BCUT2D eigenvalue weighted by Gasteiger charge is 2.19. The van der Waals surface area contributed by atoms with Crippen molar-refractivity contribution in [2.75, 3.05) is 6.61 Å². The molecule has 2 heterocycles. The third-order valence-corrected chi connectivity index (χ3v) is 2.63. The summed E-state index contributed by atoms with van der Waals surface area (Å²) in [5, 5.41) is 5.52. The highest BCUT2D eigenvalue weighted by atomic mass is 16.5. The molecule has 0 aliphatic heterocycles. The number of rotatable bonds is 2. The summed E-state index contributed by atoms with van der Waals surface area (Å²) in [7, 11) is 0. The quantitative estimate of drug-likeness (QED) is 0.761. The number of aromatic amines is 2. The van der Waals surface area contributed by atoms with Crippen molar-refractivity contribution >= 4 is 17.0 Å². The maximum atomic E-state index is 11.8. The summed E-state index contributed by atoms with van der Waals surface area (Å²) < 4.78 is 4.95. The van der Waals surface area contributed by atoms with Gasteiger partial charge in [-0.25, -0.2) is 9.78 Å². The minimum atomic E-state index is -0.447. The molecule has 0 bridgehead atoms. The molecule has 6 heteroatoms. The third-order valence-electron chi connectivity index (χ3n) is 2.63. The van der Waals surface area contributed by atoms with Crippen LogP contribution in [0.2, 0.25) is 0 Å². The van der Waals surface area contributed by atoms with Crippen LogP contribution in [-0.4, -0.2) is 27.8 Å². The number of H-pyrrole nitrogens is 2. The van der Waals surface area contributed by atoms with Gasteiger partial charge >= 0.3 is 5.97 Å². The minimum absolute atomic E-state index is 0.282. The molecule has 0 aromatic carbocycles. The number of esters is 1. The molecule has 2 rings (SSSR count). The Bertz CT molecular complexity index is 639. The van der Waals surface area contributed by atoms with Crippen LogP contribution in [0.3, 0.4) is 0 Å². The first-order valence-corrected chi connectivity index (χ1v) is 5.31. The van der Waals surface area contributed by atoms with Gasteiger partial charge in [0.25, 0.3) is 5.56 Å². The zero-order chi connectivity index (χ0) is 12.6. The van der Waals surface area contributed by atoms with Crippen molar-refractivity contribution in [1.29, 1.82) is 0 Å². The molecule has 0 aliphatic carbocycles. The van der Waals surface area contributed by atoms with Crippen LogP contribution in [0.25, 0.3) is 11.0 Å². The second-order valence-corrected chi connectivity index (χ2v) is 3.72. The monoisotopic (exact) mass is 235 g/mol. The van der Waals surface area contributed by atoms with E-state index in [1.807, 2.05) is 0 Å². The van der Waals surface area contributed by atoms with E-state index in [-0.39, 0.29) is 5.56 Å². The van der Waals surface area contributed by atoms with Crippen LogP contribution in [0.1, 0.15) is 28.5 Å². The molecule has 0 fully saturated rings. The van der Waals surface area contributed by atoms with E-state index >= 15 is 0 Å². The first-order valence-electron chi connectivity index (χ1n) is 5.31. The maximum absolute atomic E-state index is 11.8. The number of fused-ring (bicyclic) bond motifs is 1. The highest BCUT2D eigenvalue weighted by Crippen LogP contribution is 2.19. The van der Waals surface area contributed by atoms with Gasteiger partial charge in [-0.1, -0.05) is 0 Å². The van der Waals surface area contributed by atoms with Crippen molar-refractivity contribution in [3.05, 3.63) is 27.2 Å². The molecule has 0 atom stereocenters. The van der Waals surface area contributed by atoms with E-state index in [9.17, 15) is 9.59 Å². The Kier molecular flexibility index (Phi) is 2.71.